The lowest BCUT2D eigenvalue weighted by molar-refractivity contribution is 1.38. The molecule has 0 heterocycles. The number of rotatable bonds is 1. The highest BCUT2D eigenvalue weighted by Gasteiger charge is 2.01. The van der Waals surface area contributed by atoms with Gasteiger partial charge >= 0.3 is 0 Å². The van der Waals surface area contributed by atoms with E-state index < -0.39 is 0 Å². The third-order valence-corrected chi connectivity index (χ3v) is 2.72. The van der Waals surface area contributed by atoms with E-state index in [0.717, 1.165) is 0 Å². The predicted molar refractivity (Wildman–Crippen MR) is 116 cm³/mol. The van der Waals surface area contributed by atoms with E-state index in [-0.39, 0.29) is 0 Å². The van der Waals surface area contributed by atoms with E-state index in [2.05, 4.69) is 69.8 Å². The van der Waals surface area contributed by atoms with Crippen LogP contribution < -0.4 is 0 Å². The Hall–Kier alpha value is -1.82. The molecule has 0 atom stereocenters. The van der Waals surface area contributed by atoms with Crippen LogP contribution in [-0.2, 0) is 0 Å². The van der Waals surface area contributed by atoms with Gasteiger partial charge in [-0.05, 0) is 44.4 Å². The Morgan fingerprint density at radius 1 is 0.708 bits per heavy atom. The molecule has 0 amide bonds. The van der Waals surface area contributed by atoms with Crippen LogP contribution in [0.1, 0.15) is 65.2 Å². The van der Waals surface area contributed by atoms with Crippen LogP contribution in [0.4, 0.5) is 0 Å². The zero-order valence-corrected chi connectivity index (χ0v) is 17.8. The van der Waals surface area contributed by atoms with Crippen molar-refractivity contribution in [3.8, 4) is 11.1 Å². The minimum atomic E-state index is 1.31. The van der Waals surface area contributed by atoms with Gasteiger partial charge in [-0.25, -0.2) is 0 Å². The van der Waals surface area contributed by atoms with Gasteiger partial charge in [0.25, 0.3) is 0 Å². The number of hydrogen-bond donors (Lipinski definition) is 0. The highest BCUT2D eigenvalue weighted by Crippen LogP contribution is 2.24. The summed E-state index contributed by atoms with van der Waals surface area (Å²) in [7, 11) is 0. The van der Waals surface area contributed by atoms with Gasteiger partial charge < -0.3 is 0 Å². The zero-order chi connectivity index (χ0) is 19.5. The van der Waals surface area contributed by atoms with Gasteiger partial charge in [0.2, 0.25) is 0 Å². The predicted octanol–water partition coefficient (Wildman–Crippen LogP) is 8.55. The van der Waals surface area contributed by atoms with Crippen molar-refractivity contribution < 1.29 is 0 Å². The van der Waals surface area contributed by atoms with Crippen LogP contribution in [0, 0.1) is 20.8 Å². The van der Waals surface area contributed by atoms with E-state index in [1.165, 1.54) is 27.8 Å². The van der Waals surface area contributed by atoms with Gasteiger partial charge in [-0.3, -0.25) is 0 Å². The largest absolute Gasteiger partial charge is 0.103 e. The van der Waals surface area contributed by atoms with Crippen molar-refractivity contribution in [3.63, 3.8) is 0 Å². The molecule has 0 aromatic heterocycles. The number of benzene rings is 2. The smallest absolute Gasteiger partial charge is 0.0152 e. The van der Waals surface area contributed by atoms with Crippen molar-refractivity contribution in [2.24, 2.45) is 0 Å². The summed E-state index contributed by atoms with van der Waals surface area (Å²) in [6.45, 7) is 23.7. The van der Waals surface area contributed by atoms with Crippen molar-refractivity contribution in [1.82, 2.24) is 0 Å². The molecule has 136 valence electrons. The van der Waals surface area contributed by atoms with E-state index in [4.69, 9.17) is 0 Å². The van der Waals surface area contributed by atoms with Gasteiger partial charge in [0.05, 0.1) is 0 Å². The Kier molecular flexibility index (Phi) is 21.7. The minimum absolute atomic E-state index is 1.31. The molecule has 0 bridgehead atoms. The molecule has 0 unspecified atom stereocenters. The summed E-state index contributed by atoms with van der Waals surface area (Å²) >= 11 is 0. The zero-order valence-electron chi connectivity index (χ0n) is 17.8. The molecular weight excluding hydrogens is 288 g/mol. The molecule has 0 spiro atoms. The van der Waals surface area contributed by atoms with E-state index in [9.17, 15) is 0 Å². The summed E-state index contributed by atoms with van der Waals surface area (Å²) in [4.78, 5) is 0. The third kappa shape index (κ3) is 11.7. The van der Waals surface area contributed by atoms with Crippen molar-refractivity contribution in [1.29, 1.82) is 0 Å². The Labute approximate surface area is 152 Å². The van der Waals surface area contributed by atoms with Crippen LogP contribution in [0.15, 0.2) is 55.1 Å². The first kappa shape index (κ1) is 27.0. The van der Waals surface area contributed by atoms with E-state index in [1.54, 1.807) is 6.08 Å². The van der Waals surface area contributed by atoms with Crippen LogP contribution in [0.25, 0.3) is 11.1 Å². The second kappa shape index (κ2) is 19.2. The number of hydrogen-bond acceptors (Lipinski definition) is 0. The van der Waals surface area contributed by atoms with Gasteiger partial charge in [-0.1, -0.05) is 101 Å². The van der Waals surface area contributed by atoms with Crippen LogP contribution in [0.2, 0.25) is 0 Å². The van der Waals surface area contributed by atoms with E-state index >= 15 is 0 Å². The SMILES string of the molecule is C=CC.CC.CC.CC.Cc1cccc(-c2cc(C)ccc2C)c1. The highest BCUT2D eigenvalue weighted by molar-refractivity contribution is 5.68. The van der Waals surface area contributed by atoms with E-state index in [0.29, 0.717) is 0 Å². The first-order chi connectivity index (χ1) is 11.6. The van der Waals surface area contributed by atoms with Crippen molar-refractivity contribution in [2.45, 2.75) is 69.2 Å². The molecule has 0 heteroatoms. The molecular formula is C24H40. The summed E-state index contributed by atoms with van der Waals surface area (Å²) in [5.41, 5.74) is 6.63. The van der Waals surface area contributed by atoms with Gasteiger partial charge in [0, 0.05) is 0 Å². The molecule has 0 aliphatic carbocycles. The maximum Gasteiger partial charge on any atom is -0.0152 e. The summed E-state index contributed by atoms with van der Waals surface area (Å²) in [5.74, 6) is 0. The fourth-order valence-electron chi connectivity index (χ4n) is 1.86. The molecule has 0 aliphatic heterocycles. The van der Waals surface area contributed by atoms with Gasteiger partial charge in [-0.2, -0.15) is 0 Å². The molecule has 0 fully saturated rings. The summed E-state index contributed by atoms with van der Waals surface area (Å²) in [5, 5.41) is 0. The molecule has 2 aromatic carbocycles. The van der Waals surface area contributed by atoms with E-state index in [1.807, 2.05) is 48.5 Å². The normalized spacial score (nSPS) is 7.75. The lowest BCUT2D eigenvalue weighted by atomic mass is 9.97. The fourth-order valence-corrected chi connectivity index (χ4v) is 1.86. The molecule has 0 nitrogen and oxygen atoms in total. The molecule has 24 heavy (non-hydrogen) atoms. The fraction of sp³-hybridized carbons (Fsp3) is 0.417. The topological polar surface area (TPSA) is 0 Å². The number of allylic oxidation sites excluding steroid dienone is 1. The van der Waals surface area contributed by atoms with Gasteiger partial charge in [0.1, 0.15) is 0 Å². The van der Waals surface area contributed by atoms with Crippen LogP contribution >= 0.6 is 0 Å². The lowest BCUT2D eigenvalue weighted by Crippen LogP contribution is -1.85. The molecule has 0 N–H and O–H groups in total. The van der Waals surface area contributed by atoms with Gasteiger partial charge in [0.15, 0.2) is 0 Å². The second-order valence-corrected chi connectivity index (χ2v) is 4.60. The highest BCUT2D eigenvalue weighted by atomic mass is 14.1. The minimum Gasteiger partial charge on any atom is -0.103 e. The Balaban J connectivity index is -0.000000422. The lowest BCUT2D eigenvalue weighted by Gasteiger charge is -2.08. The maximum absolute atomic E-state index is 3.36. The summed E-state index contributed by atoms with van der Waals surface area (Å²) < 4.78 is 0. The van der Waals surface area contributed by atoms with Crippen LogP contribution in [0.5, 0.6) is 0 Å². The standard InChI is InChI=1S/C15H16.C3H6.3C2H6/c1-11-5-4-6-14(9-11)15-10-12(2)7-8-13(15)3;1-3-2;3*1-2/h4-10H,1-3H3;3H,1H2,2H3;3*1-2H3. The number of aryl methyl sites for hydroxylation is 3. The summed E-state index contributed by atoms with van der Waals surface area (Å²) in [6.07, 6.45) is 1.75. The van der Waals surface area contributed by atoms with Crippen LogP contribution in [0.3, 0.4) is 0 Å². The molecule has 0 saturated carbocycles. The molecule has 2 aromatic rings. The second-order valence-electron chi connectivity index (χ2n) is 4.60. The monoisotopic (exact) mass is 328 g/mol. The van der Waals surface area contributed by atoms with Crippen molar-refractivity contribution in [2.75, 3.05) is 0 Å². The van der Waals surface area contributed by atoms with Gasteiger partial charge in [-0.15, -0.1) is 6.58 Å². The van der Waals surface area contributed by atoms with Crippen LogP contribution in [-0.4, -0.2) is 0 Å². The first-order valence-electron chi connectivity index (χ1n) is 9.29. The first-order valence-corrected chi connectivity index (χ1v) is 9.29. The summed E-state index contributed by atoms with van der Waals surface area (Å²) in [6, 6.07) is 15.3. The molecule has 2 rings (SSSR count). The molecule has 0 saturated heterocycles. The maximum atomic E-state index is 3.36. The molecule has 0 radical (unpaired) electrons. The Bertz CT molecular complexity index is 521. The average molecular weight is 329 g/mol. The Morgan fingerprint density at radius 3 is 1.62 bits per heavy atom. The quantitative estimate of drug-likeness (QED) is 0.460. The molecule has 0 aliphatic rings. The average Bonchev–Trinajstić information content (AvgIpc) is 2.63. The van der Waals surface area contributed by atoms with Crippen molar-refractivity contribution >= 4 is 0 Å². The van der Waals surface area contributed by atoms with Crippen molar-refractivity contribution in [3.05, 3.63) is 71.8 Å². The third-order valence-electron chi connectivity index (χ3n) is 2.72. The Morgan fingerprint density at radius 2 is 1.17 bits per heavy atom.